The Bertz CT molecular complexity index is 943. The standard InChI is InChI=1S/C15H11ClF3N3O/c1-8-9(3-2-4-11(8)15(17,18)19)5-10-7-20-22-13(23)6-12(16)21-14(10)22/h2-4,6-7,20H,5H2,1H3. The van der Waals surface area contributed by atoms with Crippen LogP contribution in [0.2, 0.25) is 5.15 Å². The van der Waals surface area contributed by atoms with Gasteiger partial charge in [0.2, 0.25) is 0 Å². The molecule has 0 saturated heterocycles. The van der Waals surface area contributed by atoms with E-state index in [0.717, 1.165) is 12.1 Å². The summed E-state index contributed by atoms with van der Waals surface area (Å²) in [5.41, 5.74) is 0.510. The van der Waals surface area contributed by atoms with Crippen molar-refractivity contribution in [3.05, 3.63) is 68.2 Å². The number of hydrogen-bond donors (Lipinski definition) is 1. The average molecular weight is 342 g/mol. The lowest BCUT2D eigenvalue weighted by Crippen LogP contribution is -2.13. The predicted octanol–water partition coefficient (Wildman–Crippen LogP) is 3.59. The molecule has 3 aromatic rings. The van der Waals surface area contributed by atoms with Crippen molar-refractivity contribution in [3.8, 4) is 0 Å². The van der Waals surface area contributed by atoms with Crippen LogP contribution in [0, 0.1) is 6.92 Å². The molecular formula is C15H11ClF3N3O. The maximum atomic E-state index is 13.0. The third kappa shape index (κ3) is 2.84. The number of halogens is 4. The van der Waals surface area contributed by atoms with Crippen LogP contribution >= 0.6 is 11.6 Å². The molecule has 0 spiro atoms. The molecule has 0 bridgehead atoms. The third-order valence-electron chi connectivity index (χ3n) is 3.67. The zero-order valence-corrected chi connectivity index (χ0v) is 12.7. The fourth-order valence-electron chi connectivity index (χ4n) is 2.52. The Kier molecular flexibility index (Phi) is 3.68. The van der Waals surface area contributed by atoms with Crippen LogP contribution < -0.4 is 5.56 Å². The number of benzene rings is 1. The first-order valence-electron chi connectivity index (χ1n) is 6.68. The smallest absolute Gasteiger partial charge is 0.297 e. The number of aromatic nitrogens is 3. The summed E-state index contributed by atoms with van der Waals surface area (Å²) in [7, 11) is 0. The van der Waals surface area contributed by atoms with E-state index in [1.54, 1.807) is 12.3 Å². The van der Waals surface area contributed by atoms with Crippen LogP contribution in [0.5, 0.6) is 0 Å². The van der Waals surface area contributed by atoms with Crippen LogP contribution in [0.25, 0.3) is 5.65 Å². The van der Waals surface area contributed by atoms with E-state index in [9.17, 15) is 18.0 Å². The first-order valence-corrected chi connectivity index (χ1v) is 7.06. The molecule has 0 aliphatic rings. The summed E-state index contributed by atoms with van der Waals surface area (Å²) in [5.74, 6) is 0. The maximum Gasteiger partial charge on any atom is 0.416 e. The minimum absolute atomic E-state index is 0.0385. The normalized spacial score (nSPS) is 12.0. The minimum atomic E-state index is -4.40. The number of rotatable bonds is 2. The Morgan fingerprint density at radius 2 is 2.04 bits per heavy atom. The van der Waals surface area contributed by atoms with Gasteiger partial charge < -0.3 is 0 Å². The van der Waals surface area contributed by atoms with Crippen molar-refractivity contribution in [2.75, 3.05) is 0 Å². The molecule has 23 heavy (non-hydrogen) atoms. The summed E-state index contributed by atoms with van der Waals surface area (Å²) < 4.78 is 40.2. The molecule has 0 aliphatic carbocycles. The molecule has 0 saturated carbocycles. The Morgan fingerprint density at radius 1 is 1.30 bits per heavy atom. The number of aromatic amines is 1. The van der Waals surface area contributed by atoms with Crippen molar-refractivity contribution in [2.24, 2.45) is 0 Å². The van der Waals surface area contributed by atoms with Gasteiger partial charge in [-0.1, -0.05) is 23.7 Å². The van der Waals surface area contributed by atoms with Crippen molar-refractivity contribution in [1.29, 1.82) is 0 Å². The zero-order chi connectivity index (χ0) is 16.8. The molecule has 2 heterocycles. The molecule has 0 aliphatic heterocycles. The Balaban J connectivity index is 2.09. The van der Waals surface area contributed by atoms with Gasteiger partial charge in [0.05, 0.1) is 5.56 Å². The van der Waals surface area contributed by atoms with Gasteiger partial charge in [0.1, 0.15) is 5.15 Å². The second-order valence-electron chi connectivity index (χ2n) is 5.14. The quantitative estimate of drug-likeness (QED) is 0.724. The van der Waals surface area contributed by atoms with E-state index in [4.69, 9.17) is 11.6 Å². The first kappa shape index (κ1) is 15.6. The highest BCUT2D eigenvalue weighted by Gasteiger charge is 2.32. The molecule has 0 amide bonds. The van der Waals surface area contributed by atoms with Crippen LogP contribution in [0.15, 0.2) is 35.3 Å². The highest BCUT2D eigenvalue weighted by molar-refractivity contribution is 6.29. The van der Waals surface area contributed by atoms with Crippen molar-refractivity contribution in [2.45, 2.75) is 19.5 Å². The minimum Gasteiger partial charge on any atom is -0.297 e. The van der Waals surface area contributed by atoms with Gasteiger partial charge in [-0.3, -0.25) is 9.89 Å². The van der Waals surface area contributed by atoms with Crippen LogP contribution in [0.3, 0.4) is 0 Å². The van der Waals surface area contributed by atoms with E-state index in [0.29, 0.717) is 16.8 Å². The predicted molar refractivity (Wildman–Crippen MR) is 79.8 cm³/mol. The van der Waals surface area contributed by atoms with Gasteiger partial charge in [-0.05, 0) is 24.1 Å². The molecule has 0 atom stereocenters. The van der Waals surface area contributed by atoms with E-state index in [1.807, 2.05) is 0 Å². The van der Waals surface area contributed by atoms with E-state index in [1.165, 1.54) is 17.5 Å². The first-order chi connectivity index (χ1) is 10.8. The second-order valence-corrected chi connectivity index (χ2v) is 5.53. The van der Waals surface area contributed by atoms with Gasteiger partial charge in [0.25, 0.3) is 5.56 Å². The number of alkyl halides is 3. The maximum absolute atomic E-state index is 13.0. The molecule has 0 unspecified atom stereocenters. The molecule has 1 N–H and O–H groups in total. The Labute approximate surface area is 133 Å². The summed E-state index contributed by atoms with van der Waals surface area (Å²) in [4.78, 5) is 15.8. The fraction of sp³-hybridized carbons (Fsp3) is 0.200. The monoisotopic (exact) mass is 341 g/mol. The summed E-state index contributed by atoms with van der Waals surface area (Å²) >= 11 is 5.79. The van der Waals surface area contributed by atoms with Gasteiger partial charge in [-0.25, -0.2) is 9.50 Å². The van der Waals surface area contributed by atoms with Crippen molar-refractivity contribution in [3.63, 3.8) is 0 Å². The number of fused-ring (bicyclic) bond motifs is 1. The fourth-order valence-corrected chi connectivity index (χ4v) is 2.69. The van der Waals surface area contributed by atoms with Crippen LogP contribution in [0.4, 0.5) is 13.2 Å². The summed E-state index contributed by atoms with van der Waals surface area (Å²) in [6, 6.07) is 5.20. The molecule has 120 valence electrons. The lowest BCUT2D eigenvalue weighted by Gasteiger charge is -2.13. The number of nitrogens with zero attached hydrogens (tertiary/aromatic N) is 2. The topological polar surface area (TPSA) is 50.2 Å². The number of H-pyrrole nitrogens is 1. The molecule has 8 heteroatoms. The largest absolute Gasteiger partial charge is 0.416 e. The van der Waals surface area contributed by atoms with Crippen LogP contribution in [-0.4, -0.2) is 14.6 Å². The molecule has 0 fully saturated rings. The lowest BCUT2D eigenvalue weighted by atomic mass is 9.97. The highest BCUT2D eigenvalue weighted by atomic mass is 35.5. The Morgan fingerprint density at radius 3 is 2.74 bits per heavy atom. The average Bonchev–Trinajstić information content (AvgIpc) is 2.83. The number of nitrogens with one attached hydrogen (secondary N) is 1. The van der Waals surface area contributed by atoms with E-state index in [2.05, 4.69) is 10.1 Å². The third-order valence-corrected chi connectivity index (χ3v) is 3.87. The molecule has 4 nitrogen and oxygen atoms in total. The van der Waals surface area contributed by atoms with Gasteiger partial charge >= 0.3 is 6.18 Å². The molecule has 0 radical (unpaired) electrons. The van der Waals surface area contributed by atoms with Crippen LogP contribution in [-0.2, 0) is 12.6 Å². The van der Waals surface area contributed by atoms with E-state index < -0.39 is 11.7 Å². The second kappa shape index (κ2) is 5.42. The number of hydrogen-bond acceptors (Lipinski definition) is 2. The molecule has 2 aromatic heterocycles. The van der Waals surface area contributed by atoms with E-state index >= 15 is 0 Å². The molecule has 1 aromatic carbocycles. The summed E-state index contributed by atoms with van der Waals surface area (Å²) in [6.07, 6.45) is -2.66. The Hall–Kier alpha value is -2.28. The van der Waals surface area contributed by atoms with Crippen LogP contribution in [0.1, 0.15) is 22.3 Å². The van der Waals surface area contributed by atoms with Gasteiger partial charge in [0.15, 0.2) is 5.65 Å². The highest BCUT2D eigenvalue weighted by Crippen LogP contribution is 2.33. The van der Waals surface area contributed by atoms with Crippen molar-refractivity contribution >= 4 is 17.2 Å². The van der Waals surface area contributed by atoms with Crippen molar-refractivity contribution < 1.29 is 13.2 Å². The molecular weight excluding hydrogens is 331 g/mol. The van der Waals surface area contributed by atoms with E-state index in [-0.39, 0.29) is 22.7 Å². The van der Waals surface area contributed by atoms with Gasteiger partial charge in [-0.2, -0.15) is 13.2 Å². The van der Waals surface area contributed by atoms with Crippen molar-refractivity contribution in [1.82, 2.24) is 14.6 Å². The molecule has 3 rings (SSSR count). The lowest BCUT2D eigenvalue weighted by molar-refractivity contribution is -0.138. The SMILES string of the molecule is Cc1c(Cc2c[nH]n3c(=O)cc(Cl)nc23)cccc1C(F)(F)F. The summed E-state index contributed by atoms with van der Waals surface area (Å²) in [6.45, 7) is 1.43. The van der Waals surface area contributed by atoms with Gasteiger partial charge in [-0.15, -0.1) is 0 Å². The zero-order valence-electron chi connectivity index (χ0n) is 11.9. The summed E-state index contributed by atoms with van der Waals surface area (Å²) in [5, 5.41) is 2.77. The van der Waals surface area contributed by atoms with Gasteiger partial charge in [0, 0.05) is 24.2 Å².